The Morgan fingerprint density at radius 2 is 2.04 bits per heavy atom. The number of benzene rings is 2. The van der Waals surface area contributed by atoms with Crippen LogP contribution in [0.3, 0.4) is 0 Å². The molecule has 130 valence electrons. The Morgan fingerprint density at radius 1 is 1.32 bits per heavy atom. The van der Waals surface area contributed by atoms with Crippen molar-refractivity contribution in [3.8, 4) is 5.75 Å². The smallest absolute Gasteiger partial charge is 0.270 e. The standard InChI is InChI=1S/C17H15ClN2O5/c1-10-3-4-13(18)8-15(10)19-17(22)11(2)25-16-6-5-14(20(23)24)7-12(16)9-21/h3-9,11H,1-2H3,(H,19,22)/t11-/m1/s1. The lowest BCUT2D eigenvalue weighted by Gasteiger charge is -2.16. The summed E-state index contributed by atoms with van der Waals surface area (Å²) in [5, 5.41) is 13.9. The molecule has 7 nitrogen and oxygen atoms in total. The van der Waals surface area contributed by atoms with Crippen molar-refractivity contribution in [2.24, 2.45) is 0 Å². The highest BCUT2D eigenvalue weighted by molar-refractivity contribution is 6.31. The van der Waals surface area contributed by atoms with E-state index in [9.17, 15) is 19.7 Å². The number of anilines is 1. The minimum absolute atomic E-state index is 0.00668. The summed E-state index contributed by atoms with van der Waals surface area (Å²) in [6.45, 7) is 3.32. The number of nitro groups is 1. The van der Waals surface area contributed by atoms with Gasteiger partial charge in [-0.05, 0) is 37.6 Å². The van der Waals surface area contributed by atoms with Gasteiger partial charge in [-0.2, -0.15) is 0 Å². The lowest BCUT2D eigenvalue weighted by molar-refractivity contribution is -0.384. The van der Waals surface area contributed by atoms with E-state index in [-0.39, 0.29) is 17.0 Å². The van der Waals surface area contributed by atoms with Crippen LogP contribution in [-0.2, 0) is 4.79 Å². The van der Waals surface area contributed by atoms with Crippen molar-refractivity contribution in [3.05, 3.63) is 62.7 Å². The average molecular weight is 363 g/mol. The highest BCUT2D eigenvalue weighted by atomic mass is 35.5. The molecule has 0 aliphatic carbocycles. The monoisotopic (exact) mass is 362 g/mol. The second kappa shape index (κ2) is 7.76. The lowest BCUT2D eigenvalue weighted by atomic mass is 10.2. The number of hydrogen-bond donors (Lipinski definition) is 1. The summed E-state index contributed by atoms with van der Waals surface area (Å²) in [6, 6.07) is 8.67. The number of nitro benzene ring substituents is 1. The third kappa shape index (κ3) is 4.54. The molecule has 0 spiro atoms. The van der Waals surface area contributed by atoms with Crippen molar-refractivity contribution in [2.45, 2.75) is 20.0 Å². The molecule has 0 saturated carbocycles. The Balaban J connectivity index is 2.14. The number of carbonyl (C=O) groups excluding carboxylic acids is 2. The first-order chi connectivity index (χ1) is 11.8. The molecule has 0 aromatic heterocycles. The molecule has 0 saturated heterocycles. The van der Waals surface area contributed by atoms with Gasteiger partial charge < -0.3 is 10.1 Å². The van der Waals surface area contributed by atoms with Crippen LogP contribution in [0.2, 0.25) is 5.02 Å². The quantitative estimate of drug-likeness (QED) is 0.479. The number of ether oxygens (including phenoxy) is 1. The van der Waals surface area contributed by atoms with Gasteiger partial charge in [0.2, 0.25) is 0 Å². The van der Waals surface area contributed by atoms with Gasteiger partial charge in [0.1, 0.15) is 5.75 Å². The molecule has 0 unspecified atom stereocenters. The Kier molecular flexibility index (Phi) is 5.71. The molecule has 0 bridgehead atoms. The van der Waals surface area contributed by atoms with E-state index < -0.39 is 16.9 Å². The Bertz CT molecular complexity index is 838. The molecule has 2 rings (SSSR count). The molecule has 25 heavy (non-hydrogen) atoms. The maximum Gasteiger partial charge on any atom is 0.270 e. The molecular weight excluding hydrogens is 348 g/mol. The van der Waals surface area contributed by atoms with Crippen LogP contribution in [0.25, 0.3) is 0 Å². The van der Waals surface area contributed by atoms with E-state index in [1.165, 1.54) is 19.1 Å². The summed E-state index contributed by atoms with van der Waals surface area (Å²) in [6.07, 6.45) is -0.493. The van der Waals surface area contributed by atoms with E-state index in [4.69, 9.17) is 16.3 Å². The molecule has 1 atom stereocenters. The number of non-ortho nitro benzene ring substituents is 1. The number of nitrogens with one attached hydrogen (secondary N) is 1. The molecule has 2 aromatic rings. The largest absolute Gasteiger partial charge is 0.480 e. The van der Waals surface area contributed by atoms with Gasteiger partial charge in [-0.3, -0.25) is 19.7 Å². The zero-order valence-corrected chi connectivity index (χ0v) is 14.2. The molecule has 1 N–H and O–H groups in total. The second-order valence-corrected chi connectivity index (χ2v) is 5.74. The number of hydrogen-bond acceptors (Lipinski definition) is 5. The highest BCUT2D eigenvalue weighted by Crippen LogP contribution is 2.25. The molecule has 0 radical (unpaired) electrons. The molecule has 1 amide bonds. The third-order valence-electron chi connectivity index (χ3n) is 3.46. The van der Waals surface area contributed by atoms with Crippen LogP contribution in [0.4, 0.5) is 11.4 Å². The van der Waals surface area contributed by atoms with E-state index in [2.05, 4.69) is 5.32 Å². The maximum absolute atomic E-state index is 12.3. The van der Waals surface area contributed by atoms with Crippen molar-refractivity contribution in [1.82, 2.24) is 0 Å². The van der Waals surface area contributed by atoms with Gasteiger partial charge in [0, 0.05) is 22.8 Å². The van der Waals surface area contributed by atoms with E-state index >= 15 is 0 Å². The van der Waals surface area contributed by atoms with Crippen molar-refractivity contribution < 1.29 is 19.2 Å². The van der Waals surface area contributed by atoms with Crippen LogP contribution in [-0.4, -0.2) is 23.2 Å². The second-order valence-electron chi connectivity index (χ2n) is 5.31. The number of carbonyl (C=O) groups is 2. The first-order valence-corrected chi connectivity index (χ1v) is 7.67. The Labute approximate surface area is 148 Å². The molecule has 2 aromatic carbocycles. The molecule has 0 aliphatic rings. The fourth-order valence-electron chi connectivity index (χ4n) is 2.06. The van der Waals surface area contributed by atoms with Crippen molar-refractivity contribution in [2.75, 3.05) is 5.32 Å². The van der Waals surface area contributed by atoms with Crippen LogP contribution in [0, 0.1) is 17.0 Å². The summed E-state index contributed by atoms with van der Waals surface area (Å²) >= 11 is 5.91. The van der Waals surface area contributed by atoms with Gasteiger partial charge in [-0.1, -0.05) is 17.7 Å². The minimum atomic E-state index is -0.932. The number of halogens is 1. The van der Waals surface area contributed by atoms with Crippen molar-refractivity contribution in [3.63, 3.8) is 0 Å². The van der Waals surface area contributed by atoms with Crippen LogP contribution in [0.1, 0.15) is 22.8 Å². The zero-order chi connectivity index (χ0) is 18.6. The summed E-state index contributed by atoms with van der Waals surface area (Å²) in [5.74, 6) is -0.355. The van der Waals surface area contributed by atoms with Gasteiger partial charge in [-0.15, -0.1) is 0 Å². The number of nitrogens with zero attached hydrogens (tertiary/aromatic N) is 1. The maximum atomic E-state index is 12.3. The fraction of sp³-hybridized carbons (Fsp3) is 0.176. The van der Waals surface area contributed by atoms with Gasteiger partial charge in [-0.25, -0.2) is 0 Å². The van der Waals surface area contributed by atoms with Gasteiger partial charge >= 0.3 is 0 Å². The topological polar surface area (TPSA) is 98.5 Å². The highest BCUT2D eigenvalue weighted by Gasteiger charge is 2.19. The molecule has 0 aliphatic heterocycles. The van der Waals surface area contributed by atoms with E-state index in [1.807, 2.05) is 6.92 Å². The minimum Gasteiger partial charge on any atom is -0.480 e. The van der Waals surface area contributed by atoms with Crippen LogP contribution in [0.15, 0.2) is 36.4 Å². The summed E-state index contributed by atoms with van der Waals surface area (Å²) in [5.41, 5.74) is 1.13. The SMILES string of the molecule is Cc1ccc(Cl)cc1NC(=O)[C@@H](C)Oc1ccc([N+](=O)[O-])cc1C=O. The average Bonchev–Trinajstić information content (AvgIpc) is 2.58. The number of aryl methyl sites for hydroxylation is 1. The van der Waals surface area contributed by atoms with Crippen molar-refractivity contribution in [1.29, 1.82) is 0 Å². The Hall–Kier alpha value is -2.93. The van der Waals surface area contributed by atoms with Crippen LogP contribution in [0.5, 0.6) is 5.75 Å². The fourth-order valence-corrected chi connectivity index (χ4v) is 2.23. The van der Waals surface area contributed by atoms with Gasteiger partial charge in [0.15, 0.2) is 12.4 Å². The number of rotatable bonds is 6. The van der Waals surface area contributed by atoms with E-state index in [0.717, 1.165) is 11.6 Å². The van der Waals surface area contributed by atoms with Gasteiger partial charge in [0.25, 0.3) is 11.6 Å². The van der Waals surface area contributed by atoms with Crippen LogP contribution < -0.4 is 10.1 Å². The Morgan fingerprint density at radius 3 is 2.68 bits per heavy atom. The summed E-state index contributed by atoms with van der Waals surface area (Å²) < 4.78 is 5.48. The van der Waals surface area contributed by atoms with Crippen LogP contribution >= 0.6 is 11.6 Å². The molecule has 8 heteroatoms. The predicted octanol–water partition coefficient (Wildman–Crippen LogP) is 3.78. The number of aldehydes is 1. The molecule has 0 heterocycles. The summed E-state index contributed by atoms with van der Waals surface area (Å²) in [7, 11) is 0. The normalized spacial score (nSPS) is 11.5. The van der Waals surface area contributed by atoms with Gasteiger partial charge in [0.05, 0.1) is 10.5 Å². The first-order valence-electron chi connectivity index (χ1n) is 7.29. The van der Waals surface area contributed by atoms with E-state index in [0.29, 0.717) is 17.0 Å². The molecule has 0 fully saturated rings. The molecular formula is C17H15ClN2O5. The summed E-state index contributed by atoms with van der Waals surface area (Å²) in [4.78, 5) is 33.5. The lowest BCUT2D eigenvalue weighted by Crippen LogP contribution is -2.30. The first kappa shape index (κ1) is 18.4. The third-order valence-corrected chi connectivity index (χ3v) is 3.70. The van der Waals surface area contributed by atoms with E-state index in [1.54, 1.807) is 18.2 Å². The predicted molar refractivity (Wildman–Crippen MR) is 93.4 cm³/mol. The number of amides is 1. The zero-order valence-electron chi connectivity index (χ0n) is 13.5. The van der Waals surface area contributed by atoms with Crippen molar-refractivity contribution >= 4 is 35.2 Å².